The van der Waals surface area contributed by atoms with E-state index in [1.807, 2.05) is 0 Å². The summed E-state index contributed by atoms with van der Waals surface area (Å²) < 4.78 is 20.9. The summed E-state index contributed by atoms with van der Waals surface area (Å²) in [6.07, 6.45) is 1.40. The number of methoxy groups -OCH3 is 2. The SMILES string of the molecule is COC(=O)c1ccc(CN2C(=O)SC(=Cc3ccc(-c4cc([N+](=O)[O-])ccc4OC)o3)C2=O)o1. The third-order valence-electron chi connectivity index (χ3n) is 4.80. The summed E-state index contributed by atoms with van der Waals surface area (Å²) in [5.74, 6) is -0.110. The maximum absolute atomic E-state index is 12.8. The molecule has 4 rings (SSSR count). The van der Waals surface area contributed by atoms with E-state index in [1.165, 1.54) is 50.6 Å². The number of esters is 1. The lowest BCUT2D eigenvalue weighted by Gasteiger charge is -2.09. The molecule has 2 aromatic heterocycles. The van der Waals surface area contributed by atoms with Crippen LogP contribution >= 0.6 is 11.8 Å². The van der Waals surface area contributed by atoms with Gasteiger partial charge in [-0.15, -0.1) is 0 Å². The van der Waals surface area contributed by atoms with Crippen LogP contribution in [0.1, 0.15) is 22.1 Å². The molecular weight excluding hydrogens is 468 g/mol. The van der Waals surface area contributed by atoms with E-state index in [1.54, 1.807) is 12.1 Å². The Bertz CT molecular complexity index is 1340. The van der Waals surface area contributed by atoms with E-state index in [4.69, 9.17) is 13.6 Å². The van der Waals surface area contributed by atoms with Gasteiger partial charge in [0.2, 0.25) is 5.76 Å². The van der Waals surface area contributed by atoms with Crippen molar-refractivity contribution in [3.8, 4) is 17.1 Å². The molecule has 0 spiro atoms. The van der Waals surface area contributed by atoms with Crippen LogP contribution in [-0.2, 0) is 16.1 Å². The Morgan fingerprint density at radius 2 is 1.94 bits per heavy atom. The van der Waals surface area contributed by atoms with Crippen LogP contribution in [0, 0.1) is 10.1 Å². The van der Waals surface area contributed by atoms with Gasteiger partial charge < -0.3 is 18.3 Å². The topological polar surface area (TPSA) is 142 Å². The Hall–Kier alpha value is -4.32. The zero-order chi connectivity index (χ0) is 24.4. The summed E-state index contributed by atoms with van der Waals surface area (Å²) in [5.41, 5.74) is 0.229. The van der Waals surface area contributed by atoms with Gasteiger partial charge in [-0.1, -0.05) is 0 Å². The van der Waals surface area contributed by atoms with Crippen LogP contribution in [0.2, 0.25) is 0 Å². The molecule has 1 aromatic carbocycles. The lowest BCUT2D eigenvalue weighted by Crippen LogP contribution is -2.27. The van der Waals surface area contributed by atoms with Gasteiger partial charge in [0, 0.05) is 18.2 Å². The number of nitro benzene ring substituents is 1. The number of carbonyl (C=O) groups excluding carboxylic acids is 3. The van der Waals surface area contributed by atoms with E-state index < -0.39 is 22.0 Å². The Balaban J connectivity index is 1.55. The number of rotatable bonds is 7. The Morgan fingerprint density at radius 3 is 2.65 bits per heavy atom. The molecule has 1 aliphatic rings. The molecule has 0 unspecified atom stereocenters. The molecule has 3 heterocycles. The van der Waals surface area contributed by atoms with E-state index in [0.29, 0.717) is 11.3 Å². The number of amides is 2. The number of nitro groups is 1. The van der Waals surface area contributed by atoms with Gasteiger partial charge in [-0.2, -0.15) is 0 Å². The number of hydrogen-bond donors (Lipinski definition) is 0. The highest BCUT2D eigenvalue weighted by Crippen LogP contribution is 2.37. The molecule has 12 heteroatoms. The van der Waals surface area contributed by atoms with Crippen molar-refractivity contribution in [3.63, 3.8) is 0 Å². The molecule has 2 amide bonds. The molecule has 0 bridgehead atoms. The lowest BCUT2D eigenvalue weighted by atomic mass is 10.1. The Kier molecular flexibility index (Phi) is 6.23. The molecule has 0 atom stereocenters. The minimum atomic E-state index is -0.672. The summed E-state index contributed by atoms with van der Waals surface area (Å²) in [6.45, 7) is -0.159. The standard InChI is InChI=1S/C22H16N2O9S/c1-30-16-6-3-12(24(28)29)9-15(16)17-7-4-13(32-17)10-19-20(25)23(22(27)34-19)11-14-5-8-18(33-14)21(26)31-2/h3-10H,11H2,1-2H3. The lowest BCUT2D eigenvalue weighted by molar-refractivity contribution is -0.384. The number of non-ortho nitro benzene ring substituents is 1. The zero-order valence-corrected chi connectivity index (χ0v) is 18.6. The maximum Gasteiger partial charge on any atom is 0.373 e. The molecule has 0 saturated carbocycles. The van der Waals surface area contributed by atoms with Gasteiger partial charge in [0.15, 0.2) is 0 Å². The van der Waals surface area contributed by atoms with Crippen molar-refractivity contribution in [2.75, 3.05) is 14.2 Å². The molecule has 11 nitrogen and oxygen atoms in total. The molecule has 174 valence electrons. The van der Waals surface area contributed by atoms with Crippen LogP contribution in [0.15, 0.2) is 56.2 Å². The fraction of sp³-hybridized carbons (Fsp3) is 0.136. The van der Waals surface area contributed by atoms with Gasteiger partial charge in [0.05, 0.1) is 36.2 Å². The van der Waals surface area contributed by atoms with Crippen molar-refractivity contribution in [1.29, 1.82) is 0 Å². The molecule has 0 aliphatic carbocycles. The van der Waals surface area contributed by atoms with E-state index in [2.05, 4.69) is 4.74 Å². The van der Waals surface area contributed by atoms with Gasteiger partial charge in [-0.25, -0.2) is 4.79 Å². The Labute approximate surface area is 196 Å². The van der Waals surface area contributed by atoms with Crippen LogP contribution in [0.4, 0.5) is 10.5 Å². The van der Waals surface area contributed by atoms with Crippen LogP contribution in [0.3, 0.4) is 0 Å². The summed E-state index contributed by atoms with van der Waals surface area (Å²) in [5, 5.41) is 10.6. The van der Waals surface area contributed by atoms with Crippen LogP contribution < -0.4 is 4.74 Å². The fourth-order valence-electron chi connectivity index (χ4n) is 3.17. The fourth-order valence-corrected chi connectivity index (χ4v) is 3.99. The molecule has 0 radical (unpaired) electrons. The number of furan rings is 2. The maximum atomic E-state index is 12.8. The highest BCUT2D eigenvalue weighted by Gasteiger charge is 2.36. The minimum Gasteiger partial charge on any atom is -0.496 e. The second-order valence-corrected chi connectivity index (χ2v) is 7.86. The van der Waals surface area contributed by atoms with Gasteiger partial charge in [-0.05, 0) is 42.1 Å². The molecule has 1 fully saturated rings. The molecular formula is C22H16N2O9S. The normalized spacial score (nSPS) is 14.6. The Morgan fingerprint density at radius 1 is 1.15 bits per heavy atom. The van der Waals surface area contributed by atoms with E-state index >= 15 is 0 Å². The first-order chi connectivity index (χ1) is 16.3. The first-order valence-corrected chi connectivity index (χ1v) is 10.5. The van der Waals surface area contributed by atoms with Gasteiger partial charge in [0.1, 0.15) is 23.0 Å². The molecule has 1 aliphatic heterocycles. The van der Waals surface area contributed by atoms with Crippen LogP contribution in [-0.4, -0.2) is 41.2 Å². The number of carbonyl (C=O) groups is 3. The predicted molar refractivity (Wildman–Crippen MR) is 119 cm³/mol. The third-order valence-corrected chi connectivity index (χ3v) is 5.70. The van der Waals surface area contributed by atoms with Crippen LogP contribution in [0.25, 0.3) is 17.4 Å². The highest BCUT2D eigenvalue weighted by molar-refractivity contribution is 8.18. The van der Waals surface area contributed by atoms with E-state index in [-0.39, 0.29) is 40.2 Å². The van der Waals surface area contributed by atoms with Crippen molar-refractivity contribution in [1.82, 2.24) is 4.90 Å². The minimum absolute atomic E-state index is 0.0419. The van der Waals surface area contributed by atoms with Crippen molar-refractivity contribution >= 4 is 40.6 Å². The second kappa shape index (κ2) is 9.27. The van der Waals surface area contributed by atoms with Gasteiger partial charge in [-0.3, -0.25) is 24.6 Å². The monoisotopic (exact) mass is 484 g/mol. The molecule has 1 saturated heterocycles. The predicted octanol–water partition coefficient (Wildman–Crippen LogP) is 4.48. The van der Waals surface area contributed by atoms with E-state index in [0.717, 1.165) is 16.7 Å². The number of nitrogens with zero attached hydrogens (tertiary/aromatic N) is 2. The third kappa shape index (κ3) is 4.43. The number of benzene rings is 1. The zero-order valence-electron chi connectivity index (χ0n) is 17.8. The van der Waals surface area contributed by atoms with Gasteiger partial charge >= 0.3 is 5.97 Å². The number of thioether (sulfide) groups is 1. The summed E-state index contributed by atoms with van der Waals surface area (Å²) in [4.78, 5) is 48.3. The smallest absolute Gasteiger partial charge is 0.373 e. The molecule has 0 N–H and O–H groups in total. The van der Waals surface area contributed by atoms with Crippen LogP contribution in [0.5, 0.6) is 5.75 Å². The number of ether oxygens (including phenoxy) is 2. The number of hydrogen-bond acceptors (Lipinski definition) is 10. The van der Waals surface area contributed by atoms with Crippen molar-refractivity contribution < 1.29 is 37.6 Å². The van der Waals surface area contributed by atoms with E-state index in [9.17, 15) is 24.5 Å². The summed E-state index contributed by atoms with van der Waals surface area (Å²) in [7, 11) is 2.64. The van der Waals surface area contributed by atoms with Crippen molar-refractivity contribution in [2.24, 2.45) is 0 Å². The highest BCUT2D eigenvalue weighted by atomic mass is 32.2. The molecule has 3 aromatic rings. The quantitative estimate of drug-likeness (QED) is 0.204. The second-order valence-electron chi connectivity index (χ2n) is 6.87. The first kappa shape index (κ1) is 22.9. The average Bonchev–Trinajstić information content (AvgIpc) is 3.55. The van der Waals surface area contributed by atoms with Crippen molar-refractivity contribution in [2.45, 2.75) is 6.54 Å². The van der Waals surface area contributed by atoms with Gasteiger partial charge in [0.25, 0.3) is 16.8 Å². The molecule has 34 heavy (non-hydrogen) atoms. The summed E-state index contributed by atoms with van der Waals surface area (Å²) >= 11 is 0.724. The summed E-state index contributed by atoms with van der Waals surface area (Å²) in [6, 6.07) is 10.1. The largest absolute Gasteiger partial charge is 0.496 e. The first-order valence-electron chi connectivity index (χ1n) is 9.65. The van der Waals surface area contributed by atoms with Crippen molar-refractivity contribution in [3.05, 3.63) is 74.8 Å². The average molecular weight is 484 g/mol. The number of imide groups is 1.